The van der Waals surface area contributed by atoms with E-state index in [-0.39, 0.29) is 12.1 Å². The van der Waals surface area contributed by atoms with E-state index in [2.05, 4.69) is 5.32 Å². The standard InChI is InChI=1S/C9H10N2O2/c1-5-11-9(12)7-4-6(10)2-3-8(7)13-5/h2-5H,10H2,1H3,(H,11,12). The molecule has 3 N–H and O–H groups in total. The first-order chi connectivity index (χ1) is 6.16. The largest absolute Gasteiger partial charge is 0.470 e. The molecule has 0 radical (unpaired) electrons. The van der Waals surface area contributed by atoms with E-state index in [0.29, 0.717) is 17.0 Å². The molecule has 4 nitrogen and oxygen atoms in total. The lowest BCUT2D eigenvalue weighted by Crippen LogP contribution is -2.41. The molecule has 1 aliphatic rings. The Hall–Kier alpha value is -1.71. The first kappa shape index (κ1) is 7.91. The fraction of sp³-hybridized carbons (Fsp3) is 0.222. The van der Waals surface area contributed by atoms with Crippen molar-refractivity contribution in [1.82, 2.24) is 5.32 Å². The zero-order valence-electron chi connectivity index (χ0n) is 7.20. The first-order valence-electron chi connectivity index (χ1n) is 4.04. The molecule has 0 aromatic heterocycles. The highest BCUT2D eigenvalue weighted by Crippen LogP contribution is 2.24. The van der Waals surface area contributed by atoms with Gasteiger partial charge in [-0.15, -0.1) is 0 Å². The van der Waals surface area contributed by atoms with Crippen molar-refractivity contribution in [2.45, 2.75) is 13.2 Å². The van der Waals surface area contributed by atoms with Crippen LogP contribution in [0, 0.1) is 0 Å². The van der Waals surface area contributed by atoms with Gasteiger partial charge in [-0.1, -0.05) is 0 Å². The van der Waals surface area contributed by atoms with Crippen molar-refractivity contribution < 1.29 is 9.53 Å². The number of ether oxygens (including phenoxy) is 1. The van der Waals surface area contributed by atoms with Crippen LogP contribution in [0.4, 0.5) is 5.69 Å². The van der Waals surface area contributed by atoms with Gasteiger partial charge in [0.1, 0.15) is 5.75 Å². The number of fused-ring (bicyclic) bond motifs is 1. The maximum absolute atomic E-state index is 11.4. The van der Waals surface area contributed by atoms with Gasteiger partial charge in [0.15, 0.2) is 6.23 Å². The summed E-state index contributed by atoms with van der Waals surface area (Å²) in [7, 11) is 0. The third-order valence-corrected chi connectivity index (χ3v) is 1.89. The zero-order chi connectivity index (χ0) is 9.42. The van der Waals surface area contributed by atoms with Crippen LogP contribution < -0.4 is 15.8 Å². The average Bonchev–Trinajstić information content (AvgIpc) is 2.06. The summed E-state index contributed by atoms with van der Waals surface area (Å²) in [5.41, 5.74) is 6.60. The molecular formula is C9H10N2O2. The van der Waals surface area contributed by atoms with Crippen molar-refractivity contribution in [2.75, 3.05) is 5.73 Å². The van der Waals surface area contributed by atoms with E-state index in [9.17, 15) is 4.79 Å². The fourth-order valence-corrected chi connectivity index (χ4v) is 1.31. The number of anilines is 1. The van der Waals surface area contributed by atoms with Crippen molar-refractivity contribution >= 4 is 11.6 Å². The minimum atomic E-state index is -0.274. The second kappa shape index (κ2) is 2.65. The van der Waals surface area contributed by atoms with E-state index in [1.807, 2.05) is 0 Å². The van der Waals surface area contributed by atoms with Crippen molar-refractivity contribution in [1.29, 1.82) is 0 Å². The van der Waals surface area contributed by atoms with Crippen molar-refractivity contribution in [3.8, 4) is 5.75 Å². The first-order valence-corrected chi connectivity index (χ1v) is 4.04. The second-order valence-electron chi connectivity index (χ2n) is 2.99. The Morgan fingerprint density at radius 2 is 2.31 bits per heavy atom. The summed E-state index contributed by atoms with van der Waals surface area (Å²) < 4.78 is 5.37. The Morgan fingerprint density at radius 1 is 1.54 bits per heavy atom. The van der Waals surface area contributed by atoms with Gasteiger partial charge in [0.05, 0.1) is 5.56 Å². The van der Waals surface area contributed by atoms with Crippen LogP contribution in [0.5, 0.6) is 5.75 Å². The highest BCUT2D eigenvalue weighted by Gasteiger charge is 2.21. The molecule has 1 heterocycles. The van der Waals surface area contributed by atoms with E-state index in [4.69, 9.17) is 10.5 Å². The number of nitrogens with one attached hydrogen (secondary N) is 1. The number of hydrogen-bond acceptors (Lipinski definition) is 3. The van der Waals surface area contributed by atoms with Gasteiger partial charge >= 0.3 is 0 Å². The Labute approximate surface area is 75.7 Å². The molecule has 1 aliphatic heterocycles. The summed E-state index contributed by atoms with van der Waals surface area (Å²) in [6, 6.07) is 5.03. The average molecular weight is 178 g/mol. The summed E-state index contributed by atoms with van der Waals surface area (Å²) in [6.07, 6.45) is -0.274. The third kappa shape index (κ3) is 1.30. The van der Waals surface area contributed by atoms with Crippen molar-refractivity contribution in [2.24, 2.45) is 0 Å². The summed E-state index contributed by atoms with van der Waals surface area (Å²) in [5.74, 6) is 0.450. The van der Waals surface area contributed by atoms with Crippen LogP contribution in [0.3, 0.4) is 0 Å². The molecule has 1 unspecified atom stereocenters. The SMILES string of the molecule is CC1NC(=O)c2cc(N)ccc2O1. The Bertz CT molecular complexity index is 363. The van der Waals surface area contributed by atoms with E-state index in [1.54, 1.807) is 25.1 Å². The predicted octanol–water partition coefficient (Wildman–Crippen LogP) is 0.737. The Morgan fingerprint density at radius 3 is 3.08 bits per heavy atom. The molecule has 13 heavy (non-hydrogen) atoms. The molecule has 1 aromatic carbocycles. The molecule has 4 heteroatoms. The molecule has 0 fully saturated rings. The second-order valence-corrected chi connectivity index (χ2v) is 2.99. The van der Waals surface area contributed by atoms with Crippen LogP contribution in [0.25, 0.3) is 0 Å². The number of rotatable bonds is 0. The van der Waals surface area contributed by atoms with Crippen LogP contribution >= 0.6 is 0 Å². The molecule has 1 amide bonds. The lowest BCUT2D eigenvalue weighted by Gasteiger charge is -2.23. The van der Waals surface area contributed by atoms with Crippen LogP contribution in [-0.4, -0.2) is 12.1 Å². The molecule has 0 saturated carbocycles. The Kier molecular flexibility index (Phi) is 1.62. The minimum absolute atomic E-state index is 0.138. The highest BCUT2D eigenvalue weighted by molar-refractivity contribution is 5.98. The lowest BCUT2D eigenvalue weighted by atomic mass is 10.1. The van der Waals surface area contributed by atoms with E-state index < -0.39 is 0 Å². The van der Waals surface area contributed by atoms with E-state index >= 15 is 0 Å². The van der Waals surface area contributed by atoms with E-state index in [1.165, 1.54) is 0 Å². The molecule has 0 spiro atoms. The summed E-state index contributed by atoms with van der Waals surface area (Å²) in [5, 5.41) is 2.65. The molecule has 0 aliphatic carbocycles. The topological polar surface area (TPSA) is 64.4 Å². The predicted molar refractivity (Wildman–Crippen MR) is 48.4 cm³/mol. The number of nitrogen functional groups attached to an aromatic ring is 1. The van der Waals surface area contributed by atoms with Crippen molar-refractivity contribution in [3.63, 3.8) is 0 Å². The summed E-state index contributed by atoms with van der Waals surface area (Å²) in [4.78, 5) is 11.4. The number of amides is 1. The summed E-state index contributed by atoms with van der Waals surface area (Å²) >= 11 is 0. The molecule has 1 aromatic rings. The van der Waals surface area contributed by atoms with Gasteiger partial charge in [-0.2, -0.15) is 0 Å². The molecule has 0 bridgehead atoms. The van der Waals surface area contributed by atoms with Crippen LogP contribution in [-0.2, 0) is 0 Å². The number of benzene rings is 1. The number of nitrogens with two attached hydrogens (primary N) is 1. The number of carbonyl (C=O) groups is 1. The highest BCUT2D eigenvalue weighted by atomic mass is 16.5. The molecule has 1 atom stereocenters. The summed E-state index contributed by atoms with van der Waals surface area (Å²) in [6.45, 7) is 1.77. The lowest BCUT2D eigenvalue weighted by molar-refractivity contribution is 0.0788. The van der Waals surface area contributed by atoms with Crippen molar-refractivity contribution in [3.05, 3.63) is 23.8 Å². The monoisotopic (exact) mass is 178 g/mol. The van der Waals surface area contributed by atoms with Gasteiger partial charge < -0.3 is 15.8 Å². The van der Waals surface area contributed by atoms with E-state index in [0.717, 1.165) is 0 Å². The molecule has 2 rings (SSSR count). The molecular weight excluding hydrogens is 168 g/mol. The minimum Gasteiger partial charge on any atom is -0.470 e. The van der Waals surface area contributed by atoms with Crippen LogP contribution in [0.15, 0.2) is 18.2 Å². The normalized spacial score (nSPS) is 20.1. The maximum Gasteiger partial charge on any atom is 0.257 e. The smallest absolute Gasteiger partial charge is 0.257 e. The molecule has 68 valence electrons. The Balaban J connectivity index is 2.49. The van der Waals surface area contributed by atoms with Gasteiger partial charge in [-0.3, -0.25) is 4.79 Å². The van der Waals surface area contributed by atoms with Gasteiger partial charge in [-0.25, -0.2) is 0 Å². The van der Waals surface area contributed by atoms with Gasteiger partial charge in [0, 0.05) is 5.69 Å². The number of hydrogen-bond donors (Lipinski definition) is 2. The van der Waals surface area contributed by atoms with Gasteiger partial charge in [0.2, 0.25) is 0 Å². The third-order valence-electron chi connectivity index (χ3n) is 1.89. The quantitative estimate of drug-likeness (QED) is 0.576. The molecule has 0 saturated heterocycles. The number of carbonyl (C=O) groups excluding carboxylic acids is 1. The van der Waals surface area contributed by atoms with Gasteiger partial charge in [-0.05, 0) is 25.1 Å². The zero-order valence-corrected chi connectivity index (χ0v) is 7.20. The van der Waals surface area contributed by atoms with Gasteiger partial charge in [0.25, 0.3) is 5.91 Å². The van der Waals surface area contributed by atoms with Crippen LogP contribution in [0.1, 0.15) is 17.3 Å². The fourth-order valence-electron chi connectivity index (χ4n) is 1.31. The van der Waals surface area contributed by atoms with Crippen LogP contribution in [0.2, 0.25) is 0 Å². The maximum atomic E-state index is 11.4.